The van der Waals surface area contributed by atoms with Crippen molar-refractivity contribution in [2.24, 2.45) is 4.99 Å². The van der Waals surface area contributed by atoms with Crippen LogP contribution in [-0.4, -0.2) is 87.8 Å². The summed E-state index contributed by atoms with van der Waals surface area (Å²) in [6.07, 6.45) is 1.89. The van der Waals surface area contributed by atoms with E-state index in [4.69, 9.17) is 9.84 Å². The van der Waals surface area contributed by atoms with Gasteiger partial charge >= 0.3 is 145 Å². The number of rotatable bonds is 5. The van der Waals surface area contributed by atoms with Crippen molar-refractivity contribution >= 4 is 71.3 Å². The number of carboxylic acids is 1. The maximum absolute atomic E-state index is 12.2. The van der Waals surface area contributed by atoms with Crippen LogP contribution in [0, 0.1) is 0 Å². The number of amidine groups is 1. The van der Waals surface area contributed by atoms with E-state index in [1.165, 1.54) is 20.1 Å². The molecule has 0 radical (unpaired) electrons. The van der Waals surface area contributed by atoms with Crippen molar-refractivity contribution in [2.75, 3.05) is 38.2 Å². The molecular formula is C28H26N3NaO4S. The first kappa shape index (κ1) is 27.3. The Morgan fingerprint density at radius 2 is 1.65 bits per heavy atom. The summed E-state index contributed by atoms with van der Waals surface area (Å²) in [6.45, 7) is 2.95. The minimum atomic E-state index is -0.762. The van der Waals surface area contributed by atoms with Gasteiger partial charge in [0.15, 0.2) is 0 Å². The van der Waals surface area contributed by atoms with E-state index in [0.29, 0.717) is 23.3 Å². The molecule has 0 aromatic heterocycles. The molecule has 5 rings (SSSR count). The third-order valence-corrected chi connectivity index (χ3v) is 7.27. The van der Waals surface area contributed by atoms with Gasteiger partial charge in [0.2, 0.25) is 0 Å². The first-order chi connectivity index (χ1) is 18.0. The fraction of sp³-hybridized carbons (Fsp3) is 0.179. The van der Waals surface area contributed by atoms with Crippen LogP contribution >= 0.6 is 11.8 Å². The number of carbonyl (C=O) groups is 2. The van der Waals surface area contributed by atoms with E-state index < -0.39 is 5.97 Å². The molecule has 184 valence electrons. The van der Waals surface area contributed by atoms with Crippen LogP contribution in [0.3, 0.4) is 0 Å². The summed E-state index contributed by atoms with van der Waals surface area (Å²) in [5, 5.41) is 12.2. The first-order valence-corrected chi connectivity index (χ1v) is 13.8. The van der Waals surface area contributed by atoms with Crippen LogP contribution in [0.2, 0.25) is 0 Å². The normalized spacial score (nSPS) is 16.6. The second kappa shape index (κ2) is 13.7. The van der Waals surface area contributed by atoms with Crippen molar-refractivity contribution in [3.63, 3.8) is 0 Å². The number of thioether (sulfide) groups is 1. The molecule has 7 nitrogen and oxygen atoms in total. The molecule has 37 heavy (non-hydrogen) atoms. The molecule has 0 bridgehead atoms. The zero-order valence-corrected chi connectivity index (χ0v) is 23.4. The van der Waals surface area contributed by atoms with Gasteiger partial charge in [0.05, 0.1) is 19.8 Å². The second-order valence-electron chi connectivity index (χ2n) is 8.59. The van der Waals surface area contributed by atoms with E-state index in [0.717, 1.165) is 57.8 Å². The summed E-state index contributed by atoms with van der Waals surface area (Å²) >= 11 is 2.40. The Morgan fingerprint density at radius 1 is 1.00 bits per heavy atom. The Labute approximate surface area is 238 Å². The van der Waals surface area contributed by atoms with Crippen molar-refractivity contribution in [3.05, 3.63) is 89.3 Å². The van der Waals surface area contributed by atoms with Gasteiger partial charge in [-0.05, 0) is 11.1 Å². The number of hydrogen-bond donors (Lipinski definition) is 2. The number of hydrogen-bond acceptors (Lipinski definition) is 6. The summed E-state index contributed by atoms with van der Waals surface area (Å²) in [5.41, 5.74) is 4.27. The van der Waals surface area contributed by atoms with Crippen LogP contribution in [0.4, 0.5) is 5.69 Å². The number of aliphatic imine (C=N–C) groups is 1. The molecule has 0 aliphatic carbocycles. The Balaban J connectivity index is 0.000000270. The number of nitrogens with one attached hydrogen (secondary N) is 1. The molecule has 1 amide bonds. The Morgan fingerprint density at radius 3 is 2.30 bits per heavy atom. The van der Waals surface area contributed by atoms with Gasteiger partial charge in [0.1, 0.15) is 0 Å². The van der Waals surface area contributed by atoms with Crippen LogP contribution in [0.5, 0.6) is 0 Å². The minimum absolute atomic E-state index is 0.142. The molecule has 2 heterocycles. The molecule has 3 aromatic rings. The molecule has 9 heteroatoms. The molecule has 0 atom stereocenters. The van der Waals surface area contributed by atoms with Crippen LogP contribution in [0.15, 0.2) is 88.8 Å². The monoisotopic (exact) mass is 523 g/mol. The van der Waals surface area contributed by atoms with Crippen molar-refractivity contribution in [1.82, 2.24) is 4.90 Å². The maximum atomic E-state index is 12.2. The summed E-state index contributed by atoms with van der Waals surface area (Å²) in [5.74, 6) is -0.962. The van der Waals surface area contributed by atoms with Crippen LogP contribution in [-0.2, 0) is 14.3 Å². The number of morpholine rings is 1. The number of benzene rings is 3. The standard InChI is InChI=1S/C22H15N2OS.C6H11NO3.Na/c25-21-20(26-22(24-21)23-19-9-5-2-6-10-19)15-16-11-13-18(14-12-16)17-7-3-1-4-8-17;8-6(9)5-7-1-3-10-4-2-7;/h1,3-15H,(H,23,24,25);1-5H2,(H,8,9);. The molecule has 2 N–H and O–H groups in total. The Kier molecular flexibility index (Phi) is 10.1. The van der Waals surface area contributed by atoms with Gasteiger partial charge in [0, 0.05) is 13.1 Å². The average Bonchev–Trinajstić information content (AvgIpc) is 3.25. The SMILES string of the molecule is O=C(O)CN1CCOCC1.O=C1N=C(Nc2cc[c]([Na])cc2)SC1=Cc1ccc(-c2ccccc2)cc1. The molecule has 1 fully saturated rings. The number of carboxylic acid groups (broad SMARTS) is 1. The molecule has 1 saturated heterocycles. The molecule has 2 aliphatic rings. The second-order valence-corrected chi connectivity index (χ2v) is 10.8. The average molecular weight is 524 g/mol. The number of nitrogens with zero attached hydrogens (tertiary/aromatic N) is 2. The number of ether oxygens (including phenoxy) is 1. The van der Waals surface area contributed by atoms with Gasteiger partial charge in [-0.2, -0.15) is 0 Å². The van der Waals surface area contributed by atoms with Gasteiger partial charge in [-0.1, -0.05) is 30.3 Å². The summed E-state index contributed by atoms with van der Waals surface area (Å²) in [7, 11) is 0. The predicted molar refractivity (Wildman–Crippen MR) is 150 cm³/mol. The van der Waals surface area contributed by atoms with E-state index in [9.17, 15) is 9.59 Å². The summed E-state index contributed by atoms with van der Waals surface area (Å²) in [4.78, 5) is 29.0. The van der Waals surface area contributed by atoms with E-state index in [2.05, 4.69) is 46.7 Å². The molecular weight excluding hydrogens is 497 g/mol. The molecule has 0 unspecified atom stereocenters. The number of anilines is 1. The van der Waals surface area contributed by atoms with E-state index in [1.54, 1.807) is 0 Å². The predicted octanol–water partition coefficient (Wildman–Crippen LogP) is 3.63. The van der Waals surface area contributed by atoms with Crippen molar-refractivity contribution in [2.45, 2.75) is 0 Å². The van der Waals surface area contributed by atoms with Gasteiger partial charge in [-0.25, -0.2) is 0 Å². The Hall–Kier alpha value is -2.72. The van der Waals surface area contributed by atoms with Gasteiger partial charge in [-0.15, -0.1) is 0 Å². The van der Waals surface area contributed by atoms with Gasteiger partial charge in [0.25, 0.3) is 0 Å². The van der Waals surface area contributed by atoms with Crippen molar-refractivity contribution in [3.8, 4) is 11.1 Å². The summed E-state index contributed by atoms with van der Waals surface area (Å²) in [6, 6.07) is 26.6. The van der Waals surface area contributed by atoms with Crippen LogP contribution in [0.1, 0.15) is 5.56 Å². The van der Waals surface area contributed by atoms with E-state index in [1.807, 2.05) is 53.4 Å². The number of carbonyl (C=O) groups excluding carboxylic acids is 1. The fourth-order valence-corrected chi connectivity index (χ4v) is 4.89. The van der Waals surface area contributed by atoms with Gasteiger partial charge < -0.3 is 9.84 Å². The van der Waals surface area contributed by atoms with Crippen molar-refractivity contribution < 1.29 is 19.4 Å². The molecule has 3 aromatic carbocycles. The molecule has 0 saturated carbocycles. The summed E-state index contributed by atoms with van der Waals surface area (Å²) < 4.78 is 6.38. The fourth-order valence-electron chi connectivity index (χ4n) is 3.73. The third-order valence-electron chi connectivity index (χ3n) is 5.70. The number of aliphatic carboxylic acids is 1. The quantitative estimate of drug-likeness (QED) is 0.390. The molecule has 0 spiro atoms. The molecule has 2 aliphatic heterocycles. The Bertz CT molecular complexity index is 1270. The van der Waals surface area contributed by atoms with E-state index >= 15 is 0 Å². The third kappa shape index (κ3) is 8.67. The topological polar surface area (TPSA) is 91.2 Å². The van der Waals surface area contributed by atoms with Gasteiger partial charge in [-0.3, -0.25) is 9.69 Å². The van der Waals surface area contributed by atoms with Crippen molar-refractivity contribution in [1.29, 1.82) is 0 Å². The van der Waals surface area contributed by atoms with E-state index in [-0.39, 0.29) is 12.5 Å². The first-order valence-electron chi connectivity index (χ1n) is 12.0. The van der Waals surface area contributed by atoms with Crippen LogP contribution < -0.4 is 8.13 Å². The number of amides is 1. The zero-order valence-electron chi connectivity index (χ0n) is 20.6. The zero-order chi connectivity index (χ0) is 26.0. The van der Waals surface area contributed by atoms with Crippen LogP contribution in [0.25, 0.3) is 17.2 Å².